The number of nitrogens with one attached hydrogen (secondary N) is 1. The highest BCUT2D eigenvalue weighted by atomic mass is 16.5. The molecule has 5 nitrogen and oxygen atoms in total. The molecule has 0 spiro atoms. The maximum atomic E-state index is 12.0. The van der Waals surface area contributed by atoms with E-state index in [-0.39, 0.29) is 12.3 Å². The number of hydrogen-bond acceptors (Lipinski definition) is 4. The van der Waals surface area contributed by atoms with Gasteiger partial charge < -0.3 is 15.8 Å². The molecule has 0 bridgehead atoms. The third-order valence-corrected chi connectivity index (χ3v) is 2.86. The van der Waals surface area contributed by atoms with Crippen LogP contribution in [0.25, 0.3) is 0 Å². The van der Waals surface area contributed by atoms with Crippen molar-refractivity contribution in [1.82, 2.24) is 4.98 Å². The summed E-state index contributed by atoms with van der Waals surface area (Å²) in [6, 6.07) is 9.18. The predicted octanol–water partition coefficient (Wildman–Crippen LogP) is 2.16. The van der Waals surface area contributed by atoms with Gasteiger partial charge in [0.1, 0.15) is 11.6 Å². The number of pyridine rings is 1. The van der Waals surface area contributed by atoms with E-state index in [0.717, 1.165) is 16.9 Å². The number of hydrogen-bond donors (Lipinski definition) is 2. The van der Waals surface area contributed by atoms with Crippen LogP contribution in [0.1, 0.15) is 11.1 Å². The highest BCUT2D eigenvalue weighted by Gasteiger charge is 2.08. The molecular weight excluding hydrogens is 254 g/mol. The molecule has 2 aromatic rings. The predicted molar refractivity (Wildman–Crippen MR) is 78.7 cm³/mol. The van der Waals surface area contributed by atoms with Gasteiger partial charge in [-0.1, -0.05) is 12.1 Å². The zero-order chi connectivity index (χ0) is 14.5. The molecule has 1 aromatic carbocycles. The third-order valence-electron chi connectivity index (χ3n) is 2.86. The molecule has 0 radical (unpaired) electrons. The third kappa shape index (κ3) is 3.47. The van der Waals surface area contributed by atoms with Crippen LogP contribution < -0.4 is 15.8 Å². The van der Waals surface area contributed by atoms with Crippen molar-refractivity contribution in [3.05, 3.63) is 47.7 Å². The molecule has 0 unspecified atom stereocenters. The van der Waals surface area contributed by atoms with E-state index in [4.69, 9.17) is 10.5 Å². The minimum Gasteiger partial charge on any atom is -0.497 e. The van der Waals surface area contributed by atoms with E-state index < -0.39 is 0 Å². The number of nitrogens with zero attached hydrogens (tertiary/aromatic N) is 1. The van der Waals surface area contributed by atoms with Crippen LogP contribution in [0, 0.1) is 6.92 Å². The first-order chi connectivity index (χ1) is 9.58. The summed E-state index contributed by atoms with van der Waals surface area (Å²) >= 11 is 0. The summed E-state index contributed by atoms with van der Waals surface area (Å²) in [6.45, 7) is 1.85. The van der Waals surface area contributed by atoms with E-state index >= 15 is 0 Å². The summed E-state index contributed by atoms with van der Waals surface area (Å²) < 4.78 is 5.13. The van der Waals surface area contributed by atoms with Gasteiger partial charge in [0.2, 0.25) is 5.91 Å². The number of methoxy groups -OCH3 is 1. The summed E-state index contributed by atoms with van der Waals surface area (Å²) in [4.78, 5) is 16.1. The van der Waals surface area contributed by atoms with E-state index in [2.05, 4.69) is 10.3 Å². The van der Waals surface area contributed by atoms with Crippen LogP contribution in [-0.2, 0) is 11.2 Å². The van der Waals surface area contributed by atoms with Gasteiger partial charge in [-0.05, 0) is 36.2 Å². The minimum absolute atomic E-state index is 0.126. The number of benzene rings is 1. The Morgan fingerprint density at radius 3 is 2.90 bits per heavy atom. The van der Waals surface area contributed by atoms with Crippen molar-refractivity contribution in [3.63, 3.8) is 0 Å². The van der Waals surface area contributed by atoms with Crippen LogP contribution in [0.15, 0.2) is 36.5 Å². The number of anilines is 2. The fourth-order valence-electron chi connectivity index (χ4n) is 1.87. The summed E-state index contributed by atoms with van der Waals surface area (Å²) in [5, 5.41) is 2.78. The van der Waals surface area contributed by atoms with Gasteiger partial charge in [-0.3, -0.25) is 4.79 Å². The first kappa shape index (κ1) is 13.9. The lowest BCUT2D eigenvalue weighted by atomic mass is 10.1. The monoisotopic (exact) mass is 271 g/mol. The summed E-state index contributed by atoms with van der Waals surface area (Å²) in [6.07, 6.45) is 1.79. The average Bonchev–Trinajstić information content (AvgIpc) is 2.42. The number of nitrogens with two attached hydrogens (primary N) is 1. The van der Waals surface area contributed by atoms with E-state index in [0.29, 0.717) is 11.5 Å². The van der Waals surface area contributed by atoms with E-state index in [1.54, 1.807) is 13.2 Å². The number of carbonyl (C=O) groups excluding carboxylic acids is 1. The second-order valence-electron chi connectivity index (χ2n) is 4.51. The smallest absolute Gasteiger partial charge is 0.229 e. The van der Waals surface area contributed by atoms with Crippen molar-refractivity contribution < 1.29 is 9.53 Å². The van der Waals surface area contributed by atoms with Gasteiger partial charge in [0.15, 0.2) is 0 Å². The van der Waals surface area contributed by atoms with E-state index in [1.807, 2.05) is 31.2 Å². The molecule has 1 heterocycles. The number of aromatic nitrogens is 1. The largest absolute Gasteiger partial charge is 0.497 e. The number of aryl methyl sites for hydroxylation is 1. The summed E-state index contributed by atoms with van der Waals surface area (Å²) in [7, 11) is 1.60. The molecule has 20 heavy (non-hydrogen) atoms. The van der Waals surface area contributed by atoms with Gasteiger partial charge in [-0.25, -0.2) is 4.98 Å². The van der Waals surface area contributed by atoms with Gasteiger partial charge in [-0.15, -0.1) is 0 Å². The van der Waals surface area contributed by atoms with Crippen molar-refractivity contribution in [2.45, 2.75) is 13.3 Å². The van der Waals surface area contributed by atoms with Gasteiger partial charge >= 0.3 is 0 Å². The van der Waals surface area contributed by atoms with Crippen molar-refractivity contribution in [3.8, 4) is 5.75 Å². The van der Waals surface area contributed by atoms with Gasteiger partial charge in [-0.2, -0.15) is 0 Å². The number of amides is 1. The lowest BCUT2D eigenvalue weighted by Gasteiger charge is -2.08. The maximum Gasteiger partial charge on any atom is 0.229 e. The molecule has 1 amide bonds. The Morgan fingerprint density at radius 1 is 1.40 bits per heavy atom. The maximum absolute atomic E-state index is 12.0. The second-order valence-corrected chi connectivity index (χ2v) is 4.51. The second kappa shape index (κ2) is 6.06. The van der Waals surface area contributed by atoms with Crippen LogP contribution in [0.5, 0.6) is 5.75 Å². The van der Waals surface area contributed by atoms with Crippen LogP contribution in [0.4, 0.5) is 11.5 Å². The molecule has 0 saturated carbocycles. The summed E-state index contributed by atoms with van der Waals surface area (Å²) in [5.74, 6) is 1.14. The molecule has 0 aliphatic heterocycles. The van der Waals surface area contributed by atoms with Crippen LogP contribution in [0.3, 0.4) is 0 Å². The molecule has 3 N–H and O–H groups in total. The van der Waals surface area contributed by atoms with Crippen LogP contribution in [-0.4, -0.2) is 18.0 Å². The van der Waals surface area contributed by atoms with E-state index in [1.165, 1.54) is 6.20 Å². The topological polar surface area (TPSA) is 77.2 Å². The first-order valence-corrected chi connectivity index (χ1v) is 6.23. The molecule has 5 heteroatoms. The Kier molecular flexibility index (Phi) is 4.20. The standard InChI is InChI=1S/C15H17N3O2/c1-10-6-12(16)9-17-15(10)18-14(19)8-11-4-3-5-13(7-11)20-2/h3-7,9H,8,16H2,1-2H3,(H,17,18,19). The van der Waals surface area contributed by atoms with Crippen molar-refractivity contribution >= 4 is 17.4 Å². The molecule has 1 aromatic heterocycles. The minimum atomic E-state index is -0.126. The Hall–Kier alpha value is -2.56. The van der Waals surface area contributed by atoms with Gasteiger partial charge in [0.05, 0.1) is 25.4 Å². The number of rotatable bonds is 4. The highest BCUT2D eigenvalue weighted by Crippen LogP contribution is 2.16. The lowest BCUT2D eigenvalue weighted by molar-refractivity contribution is -0.115. The number of carbonyl (C=O) groups is 1. The van der Waals surface area contributed by atoms with Crippen molar-refractivity contribution in [2.75, 3.05) is 18.2 Å². The van der Waals surface area contributed by atoms with Crippen LogP contribution >= 0.6 is 0 Å². The average molecular weight is 271 g/mol. The SMILES string of the molecule is COc1cccc(CC(=O)Nc2ncc(N)cc2C)c1. The Labute approximate surface area is 117 Å². The molecule has 0 fully saturated rings. The quantitative estimate of drug-likeness (QED) is 0.893. The Balaban J connectivity index is 2.05. The molecule has 0 aliphatic rings. The Bertz CT molecular complexity index is 626. The zero-order valence-corrected chi connectivity index (χ0v) is 11.5. The zero-order valence-electron chi connectivity index (χ0n) is 11.5. The summed E-state index contributed by atoms with van der Waals surface area (Å²) in [5.41, 5.74) is 7.92. The normalized spacial score (nSPS) is 10.1. The van der Waals surface area contributed by atoms with Crippen molar-refractivity contribution in [1.29, 1.82) is 0 Å². The molecule has 2 rings (SSSR count). The molecule has 104 valence electrons. The van der Waals surface area contributed by atoms with Crippen molar-refractivity contribution in [2.24, 2.45) is 0 Å². The van der Waals surface area contributed by atoms with Gasteiger partial charge in [0.25, 0.3) is 0 Å². The molecular formula is C15H17N3O2. The van der Waals surface area contributed by atoms with E-state index in [9.17, 15) is 4.79 Å². The number of ether oxygens (including phenoxy) is 1. The molecule has 0 saturated heterocycles. The lowest BCUT2D eigenvalue weighted by Crippen LogP contribution is -2.16. The fraction of sp³-hybridized carbons (Fsp3) is 0.200. The molecule has 0 aliphatic carbocycles. The highest BCUT2D eigenvalue weighted by molar-refractivity contribution is 5.92. The first-order valence-electron chi connectivity index (χ1n) is 6.23. The fourth-order valence-corrected chi connectivity index (χ4v) is 1.87. The molecule has 0 atom stereocenters. The van der Waals surface area contributed by atoms with Crippen LogP contribution in [0.2, 0.25) is 0 Å². The Morgan fingerprint density at radius 2 is 2.20 bits per heavy atom. The number of nitrogen functional groups attached to an aromatic ring is 1. The van der Waals surface area contributed by atoms with Gasteiger partial charge in [0, 0.05) is 0 Å².